The van der Waals surface area contributed by atoms with E-state index in [0.29, 0.717) is 0 Å². The second-order valence-electron chi connectivity index (χ2n) is 1.44. The van der Waals surface area contributed by atoms with E-state index < -0.39 is 0 Å². The van der Waals surface area contributed by atoms with E-state index >= 15 is 0 Å². The van der Waals surface area contributed by atoms with Crippen LogP contribution in [0.1, 0.15) is 6.92 Å². The van der Waals surface area contributed by atoms with Crippen molar-refractivity contribution in [2.75, 3.05) is 6.61 Å². The van der Waals surface area contributed by atoms with Crippen LogP contribution in [0.4, 0.5) is 0 Å². The zero-order valence-electron chi connectivity index (χ0n) is 4.76. The molecule has 0 aromatic rings. The lowest BCUT2D eigenvalue weighted by Crippen LogP contribution is -1.70. The van der Waals surface area contributed by atoms with Gasteiger partial charge in [0.05, 0.1) is 6.61 Å². The van der Waals surface area contributed by atoms with E-state index in [9.17, 15) is 0 Å². The van der Waals surface area contributed by atoms with Gasteiger partial charge in [0, 0.05) is 0 Å². The summed E-state index contributed by atoms with van der Waals surface area (Å²) in [5, 5.41) is 8.28. The van der Waals surface area contributed by atoms with Crippen molar-refractivity contribution in [1.82, 2.24) is 0 Å². The molecule has 0 saturated heterocycles. The highest BCUT2D eigenvalue weighted by Crippen LogP contribution is 1.97. The molecule has 1 nitrogen and oxygen atoms in total. The maximum Gasteiger partial charge on any atom is 0.0615 e. The summed E-state index contributed by atoms with van der Waals surface area (Å²) in [5.41, 5.74) is 1.10. The smallest absolute Gasteiger partial charge is 0.0615 e. The summed E-state index contributed by atoms with van der Waals surface area (Å²) in [6.45, 7) is 2.05. The van der Waals surface area contributed by atoms with Crippen molar-refractivity contribution in [3.8, 4) is 0 Å². The van der Waals surface area contributed by atoms with Crippen LogP contribution in [0.2, 0.25) is 0 Å². The molecule has 2 heteroatoms. The first-order valence-electron chi connectivity index (χ1n) is 2.35. The van der Waals surface area contributed by atoms with E-state index in [1.807, 2.05) is 13.0 Å². The number of hydrogen-bond donors (Lipinski definition) is 1. The average Bonchev–Trinajstić information content (AvgIpc) is 1.83. The maximum atomic E-state index is 8.28. The van der Waals surface area contributed by atoms with Gasteiger partial charge in [-0.25, -0.2) is 0 Å². The van der Waals surface area contributed by atoms with Crippen molar-refractivity contribution in [2.45, 2.75) is 6.92 Å². The number of rotatable bonds is 2. The van der Waals surface area contributed by atoms with E-state index in [1.54, 1.807) is 11.1 Å². The highest BCUT2D eigenvalue weighted by atomic mass is 79.9. The Morgan fingerprint density at radius 2 is 2.38 bits per heavy atom. The third-order valence-electron chi connectivity index (χ3n) is 0.658. The number of aliphatic hydroxyl groups is 1. The molecule has 46 valence electrons. The fraction of sp³-hybridized carbons (Fsp3) is 0.333. The van der Waals surface area contributed by atoms with Gasteiger partial charge in [0.2, 0.25) is 0 Å². The van der Waals surface area contributed by atoms with Gasteiger partial charge >= 0.3 is 0 Å². The first-order valence-corrected chi connectivity index (χ1v) is 3.27. The molecule has 0 fully saturated rings. The van der Waals surface area contributed by atoms with Crippen LogP contribution in [0.15, 0.2) is 22.7 Å². The molecule has 0 spiro atoms. The molecule has 0 aromatic heterocycles. The summed E-state index contributed by atoms with van der Waals surface area (Å²) >= 11 is 3.15. The van der Waals surface area contributed by atoms with E-state index in [1.165, 1.54) is 0 Å². The van der Waals surface area contributed by atoms with Crippen LogP contribution in [0, 0.1) is 0 Å². The average molecular weight is 177 g/mol. The normalized spacial score (nSPS) is 13.1. The Labute approximate surface area is 57.8 Å². The van der Waals surface area contributed by atoms with Crippen LogP contribution in [-0.4, -0.2) is 11.7 Å². The lowest BCUT2D eigenvalue weighted by atomic mass is 10.3. The van der Waals surface area contributed by atoms with Gasteiger partial charge in [0.1, 0.15) is 0 Å². The molecule has 0 radical (unpaired) electrons. The van der Waals surface area contributed by atoms with Gasteiger partial charge in [0.15, 0.2) is 0 Å². The maximum absolute atomic E-state index is 8.28. The molecule has 0 unspecified atom stereocenters. The Bertz CT molecular complexity index is 105. The zero-order chi connectivity index (χ0) is 6.41. The van der Waals surface area contributed by atoms with Gasteiger partial charge < -0.3 is 5.11 Å². The van der Waals surface area contributed by atoms with Gasteiger partial charge in [-0.1, -0.05) is 28.1 Å². The summed E-state index contributed by atoms with van der Waals surface area (Å²) in [4.78, 5) is 1.80. The Kier molecular flexibility index (Phi) is 5.01. The van der Waals surface area contributed by atoms with E-state index in [2.05, 4.69) is 15.9 Å². The Morgan fingerprint density at radius 1 is 1.75 bits per heavy atom. The van der Waals surface area contributed by atoms with Gasteiger partial charge in [-0.15, -0.1) is 0 Å². The number of halogens is 1. The Balaban J connectivity index is 3.53. The third kappa shape index (κ3) is 4.09. The van der Waals surface area contributed by atoms with Crippen LogP contribution in [-0.2, 0) is 0 Å². The van der Waals surface area contributed by atoms with Crippen LogP contribution < -0.4 is 0 Å². The van der Waals surface area contributed by atoms with Crippen molar-refractivity contribution >= 4 is 15.9 Å². The first kappa shape index (κ1) is 7.92. The Morgan fingerprint density at radius 3 is 2.75 bits per heavy atom. The van der Waals surface area contributed by atoms with Crippen LogP contribution in [0.3, 0.4) is 0 Å². The van der Waals surface area contributed by atoms with Crippen molar-refractivity contribution in [3.63, 3.8) is 0 Å². The molecule has 0 saturated carbocycles. The minimum atomic E-state index is 0.109. The second kappa shape index (κ2) is 5.06. The lowest BCUT2D eigenvalue weighted by Gasteiger charge is -1.82. The standard InChI is InChI=1S/C6H9BrO/c1-6(5-7)3-2-4-8/h2-3,5,8H,4H2,1H3/b3-2+,6-5-. The van der Waals surface area contributed by atoms with Crippen LogP contribution in [0.5, 0.6) is 0 Å². The highest BCUT2D eigenvalue weighted by molar-refractivity contribution is 9.11. The molecule has 1 N–H and O–H groups in total. The van der Waals surface area contributed by atoms with Crippen molar-refractivity contribution in [3.05, 3.63) is 22.7 Å². The van der Waals surface area contributed by atoms with Gasteiger partial charge in [0.25, 0.3) is 0 Å². The summed E-state index contributed by atoms with van der Waals surface area (Å²) in [5.74, 6) is 0. The van der Waals surface area contributed by atoms with Crippen molar-refractivity contribution in [1.29, 1.82) is 0 Å². The molecule has 0 amide bonds. The molecular formula is C6H9BrO. The van der Waals surface area contributed by atoms with E-state index in [4.69, 9.17) is 5.11 Å². The monoisotopic (exact) mass is 176 g/mol. The quantitative estimate of drug-likeness (QED) is 0.638. The summed E-state index contributed by atoms with van der Waals surface area (Å²) in [6, 6.07) is 0. The molecule has 0 heterocycles. The summed E-state index contributed by atoms with van der Waals surface area (Å²) in [6.07, 6.45) is 3.53. The SMILES string of the molecule is CC(=C/Br)/C=C/CO. The van der Waals surface area contributed by atoms with Gasteiger partial charge in [-0.3, -0.25) is 0 Å². The summed E-state index contributed by atoms with van der Waals surface area (Å²) in [7, 11) is 0. The number of hydrogen-bond acceptors (Lipinski definition) is 1. The minimum absolute atomic E-state index is 0.109. The van der Waals surface area contributed by atoms with Gasteiger partial charge in [-0.2, -0.15) is 0 Å². The molecule has 0 aliphatic carbocycles. The predicted octanol–water partition coefficient (Wildman–Crippen LogP) is 1.83. The first-order chi connectivity index (χ1) is 3.81. The number of allylic oxidation sites excluding steroid dienone is 2. The van der Waals surface area contributed by atoms with E-state index in [-0.39, 0.29) is 6.61 Å². The van der Waals surface area contributed by atoms with Crippen molar-refractivity contribution < 1.29 is 5.11 Å². The second-order valence-corrected chi connectivity index (χ2v) is 1.90. The Hall–Kier alpha value is -0.0800. The molecule has 0 aliphatic rings. The fourth-order valence-corrected chi connectivity index (χ4v) is 0.428. The van der Waals surface area contributed by atoms with Gasteiger partial charge in [-0.05, 0) is 17.5 Å². The molecule has 0 bridgehead atoms. The molecular weight excluding hydrogens is 168 g/mol. The topological polar surface area (TPSA) is 20.2 Å². The fourth-order valence-electron chi connectivity index (χ4n) is 0.275. The predicted molar refractivity (Wildman–Crippen MR) is 38.9 cm³/mol. The van der Waals surface area contributed by atoms with E-state index in [0.717, 1.165) is 5.57 Å². The third-order valence-corrected chi connectivity index (χ3v) is 1.38. The lowest BCUT2D eigenvalue weighted by molar-refractivity contribution is 0.342. The minimum Gasteiger partial charge on any atom is -0.392 e. The largest absolute Gasteiger partial charge is 0.392 e. The molecule has 0 aromatic carbocycles. The highest BCUT2D eigenvalue weighted by Gasteiger charge is 1.73. The zero-order valence-corrected chi connectivity index (χ0v) is 6.35. The van der Waals surface area contributed by atoms with Crippen LogP contribution >= 0.6 is 15.9 Å². The summed E-state index contributed by atoms with van der Waals surface area (Å²) < 4.78 is 0. The molecule has 0 atom stereocenters. The molecule has 0 rings (SSSR count). The van der Waals surface area contributed by atoms with Crippen LogP contribution in [0.25, 0.3) is 0 Å². The molecule has 0 aliphatic heterocycles. The van der Waals surface area contributed by atoms with Crippen molar-refractivity contribution in [2.24, 2.45) is 0 Å². The number of aliphatic hydroxyl groups excluding tert-OH is 1. The molecule has 8 heavy (non-hydrogen) atoms.